The van der Waals surface area contributed by atoms with Gasteiger partial charge in [0.25, 0.3) is 0 Å². The first-order chi connectivity index (χ1) is 3.91. The van der Waals surface area contributed by atoms with Gasteiger partial charge in [-0.05, 0) is 25.0 Å². The van der Waals surface area contributed by atoms with E-state index in [1.54, 1.807) is 0 Å². The third kappa shape index (κ3) is 6.09. The number of hydrogen-bond donors (Lipinski definition) is 1. The third-order valence-corrected chi connectivity index (χ3v) is 1.25. The van der Waals surface area contributed by atoms with Gasteiger partial charge in [-0.3, -0.25) is 0 Å². The Hall–Kier alpha value is 0.0900. The predicted molar refractivity (Wildman–Crippen MR) is 42.5 cm³/mol. The van der Waals surface area contributed by atoms with Gasteiger partial charge in [-0.15, -0.1) is 0 Å². The SMILES string of the molecule is CC/C=C/CCCS. The molecule has 0 saturated carbocycles. The third-order valence-electron chi connectivity index (χ3n) is 0.931. The summed E-state index contributed by atoms with van der Waals surface area (Å²) in [5.41, 5.74) is 0. The number of thiol groups is 1. The summed E-state index contributed by atoms with van der Waals surface area (Å²) in [5, 5.41) is 0. The molecule has 0 radical (unpaired) electrons. The Labute approximate surface area is 57.4 Å². The Morgan fingerprint density at radius 2 is 2.12 bits per heavy atom. The van der Waals surface area contributed by atoms with Gasteiger partial charge in [-0.2, -0.15) is 12.6 Å². The van der Waals surface area contributed by atoms with Crippen LogP contribution in [-0.4, -0.2) is 5.75 Å². The molecule has 0 N–H and O–H groups in total. The van der Waals surface area contributed by atoms with Crippen molar-refractivity contribution in [1.29, 1.82) is 0 Å². The summed E-state index contributed by atoms with van der Waals surface area (Å²) in [5.74, 6) is 1.01. The first-order valence-electron chi connectivity index (χ1n) is 3.17. The van der Waals surface area contributed by atoms with Gasteiger partial charge in [0.2, 0.25) is 0 Å². The summed E-state index contributed by atoms with van der Waals surface area (Å²) in [6.07, 6.45) is 7.98. The first-order valence-corrected chi connectivity index (χ1v) is 3.81. The summed E-state index contributed by atoms with van der Waals surface area (Å²) in [4.78, 5) is 0. The number of hydrogen-bond acceptors (Lipinski definition) is 1. The molecule has 0 amide bonds. The normalized spacial score (nSPS) is 10.8. The van der Waals surface area contributed by atoms with Gasteiger partial charge in [0.15, 0.2) is 0 Å². The fraction of sp³-hybridized carbons (Fsp3) is 0.714. The van der Waals surface area contributed by atoms with Crippen LogP contribution in [0.2, 0.25) is 0 Å². The van der Waals surface area contributed by atoms with E-state index in [9.17, 15) is 0 Å². The van der Waals surface area contributed by atoms with Crippen LogP contribution in [0.5, 0.6) is 0 Å². The smallest absolute Gasteiger partial charge is 0.00950 e. The number of allylic oxidation sites excluding steroid dienone is 2. The zero-order chi connectivity index (χ0) is 6.24. The van der Waals surface area contributed by atoms with Crippen LogP contribution in [0.25, 0.3) is 0 Å². The van der Waals surface area contributed by atoms with Crippen LogP contribution in [0, 0.1) is 0 Å². The van der Waals surface area contributed by atoms with Crippen molar-refractivity contribution in [1.82, 2.24) is 0 Å². The molecule has 0 aromatic carbocycles. The molecule has 1 heteroatoms. The topological polar surface area (TPSA) is 0 Å². The Bertz CT molecular complexity index is 57.4. The van der Waals surface area contributed by atoms with Gasteiger partial charge in [0.1, 0.15) is 0 Å². The highest BCUT2D eigenvalue weighted by molar-refractivity contribution is 7.80. The van der Waals surface area contributed by atoms with Gasteiger partial charge in [-0.25, -0.2) is 0 Å². The average Bonchev–Trinajstić information content (AvgIpc) is 1.81. The maximum absolute atomic E-state index is 4.09. The maximum atomic E-state index is 4.09. The van der Waals surface area contributed by atoms with Crippen molar-refractivity contribution in [2.75, 3.05) is 5.75 Å². The Kier molecular flexibility index (Phi) is 7.17. The average molecular weight is 130 g/mol. The zero-order valence-corrected chi connectivity index (χ0v) is 6.32. The van der Waals surface area contributed by atoms with Gasteiger partial charge in [-0.1, -0.05) is 19.1 Å². The molecule has 0 rings (SSSR count). The lowest BCUT2D eigenvalue weighted by atomic mass is 10.3. The van der Waals surface area contributed by atoms with Crippen LogP contribution >= 0.6 is 12.6 Å². The van der Waals surface area contributed by atoms with E-state index in [-0.39, 0.29) is 0 Å². The fourth-order valence-corrected chi connectivity index (χ4v) is 0.676. The summed E-state index contributed by atoms with van der Waals surface area (Å²) in [6, 6.07) is 0. The van der Waals surface area contributed by atoms with E-state index < -0.39 is 0 Å². The number of unbranched alkanes of at least 4 members (excludes halogenated alkanes) is 1. The largest absolute Gasteiger partial charge is 0.179 e. The van der Waals surface area contributed by atoms with Crippen molar-refractivity contribution in [3.05, 3.63) is 12.2 Å². The highest BCUT2D eigenvalue weighted by Crippen LogP contribution is 1.93. The Morgan fingerprint density at radius 1 is 1.38 bits per heavy atom. The molecular weight excluding hydrogens is 116 g/mol. The van der Waals surface area contributed by atoms with Crippen LogP contribution in [0.15, 0.2) is 12.2 Å². The Balaban J connectivity index is 2.80. The van der Waals surface area contributed by atoms with Gasteiger partial charge >= 0.3 is 0 Å². The molecule has 0 aromatic heterocycles. The highest BCUT2D eigenvalue weighted by atomic mass is 32.1. The van der Waals surface area contributed by atoms with Crippen LogP contribution < -0.4 is 0 Å². The van der Waals surface area contributed by atoms with Crippen LogP contribution in [0.3, 0.4) is 0 Å². The number of rotatable bonds is 4. The second kappa shape index (κ2) is 7.09. The molecular formula is C7H14S. The molecule has 0 saturated heterocycles. The van der Waals surface area contributed by atoms with Crippen molar-refractivity contribution >= 4 is 12.6 Å². The molecule has 8 heavy (non-hydrogen) atoms. The molecule has 0 unspecified atom stereocenters. The van der Waals surface area contributed by atoms with E-state index in [4.69, 9.17) is 0 Å². The summed E-state index contributed by atoms with van der Waals surface area (Å²) < 4.78 is 0. The fourth-order valence-electron chi connectivity index (χ4n) is 0.494. The van der Waals surface area contributed by atoms with E-state index in [2.05, 4.69) is 31.7 Å². The molecule has 0 aliphatic rings. The molecule has 0 aliphatic heterocycles. The minimum Gasteiger partial charge on any atom is -0.179 e. The summed E-state index contributed by atoms with van der Waals surface area (Å²) in [6.45, 7) is 2.15. The second-order valence-corrected chi connectivity index (χ2v) is 2.19. The van der Waals surface area contributed by atoms with Gasteiger partial charge in [0, 0.05) is 0 Å². The van der Waals surface area contributed by atoms with E-state index in [1.165, 1.54) is 12.8 Å². The van der Waals surface area contributed by atoms with E-state index in [0.717, 1.165) is 12.2 Å². The first kappa shape index (κ1) is 8.09. The lowest BCUT2D eigenvalue weighted by molar-refractivity contribution is 0.967. The second-order valence-electron chi connectivity index (χ2n) is 1.75. The molecule has 0 aromatic rings. The molecule has 0 fully saturated rings. The van der Waals surface area contributed by atoms with Gasteiger partial charge in [0.05, 0.1) is 0 Å². The van der Waals surface area contributed by atoms with Crippen LogP contribution in [-0.2, 0) is 0 Å². The predicted octanol–water partition coefficient (Wildman–Crippen LogP) is 2.66. The van der Waals surface area contributed by atoms with Crippen LogP contribution in [0.4, 0.5) is 0 Å². The lowest BCUT2D eigenvalue weighted by Crippen LogP contribution is -1.69. The molecule has 0 atom stereocenters. The van der Waals surface area contributed by atoms with Crippen molar-refractivity contribution < 1.29 is 0 Å². The standard InChI is InChI=1S/C7H14S/c1-2-3-4-5-6-7-8/h3-4,8H,2,5-7H2,1H3/b4-3+. The zero-order valence-electron chi connectivity index (χ0n) is 5.43. The summed E-state index contributed by atoms with van der Waals surface area (Å²) in [7, 11) is 0. The highest BCUT2D eigenvalue weighted by Gasteiger charge is 1.75. The quantitative estimate of drug-likeness (QED) is 0.337. The minimum atomic E-state index is 1.01. The summed E-state index contributed by atoms with van der Waals surface area (Å²) >= 11 is 4.09. The van der Waals surface area contributed by atoms with Crippen molar-refractivity contribution in [3.8, 4) is 0 Å². The lowest BCUT2D eigenvalue weighted by Gasteiger charge is -1.85. The molecule has 0 nitrogen and oxygen atoms in total. The van der Waals surface area contributed by atoms with Crippen molar-refractivity contribution in [2.24, 2.45) is 0 Å². The van der Waals surface area contributed by atoms with Crippen molar-refractivity contribution in [3.63, 3.8) is 0 Å². The van der Waals surface area contributed by atoms with Gasteiger partial charge < -0.3 is 0 Å². The van der Waals surface area contributed by atoms with E-state index in [1.807, 2.05) is 0 Å². The molecule has 48 valence electrons. The van der Waals surface area contributed by atoms with E-state index in [0.29, 0.717) is 0 Å². The van der Waals surface area contributed by atoms with Crippen LogP contribution in [0.1, 0.15) is 26.2 Å². The van der Waals surface area contributed by atoms with Crippen molar-refractivity contribution in [2.45, 2.75) is 26.2 Å². The Morgan fingerprint density at radius 3 is 2.62 bits per heavy atom. The monoisotopic (exact) mass is 130 g/mol. The minimum absolute atomic E-state index is 1.01. The molecule has 0 aliphatic carbocycles. The molecule has 0 bridgehead atoms. The molecule has 0 spiro atoms. The maximum Gasteiger partial charge on any atom is -0.00950 e. The molecule has 0 heterocycles. The van der Waals surface area contributed by atoms with E-state index >= 15 is 0 Å².